The van der Waals surface area contributed by atoms with E-state index in [2.05, 4.69) is 37.9 Å². The molecule has 0 unspecified atom stereocenters. The van der Waals surface area contributed by atoms with Crippen LogP contribution in [0.1, 0.15) is 43.3 Å². The first kappa shape index (κ1) is 17.6. The van der Waals surface area contributed by atoms with Gasteiger partial charge in [-0.2, -0.15) is 0 Å². The Morgan fingerprint density at radius 3 is 2.55 bits per heavy atom. The molecule has 1 N–H and O–H groups in total. The van der Waals surface area contributed by atoms with E-state index >= 15 is 0 Å². The van der Waals surface area contributed by atoms with Crippen molar-refractivity contribution in [3.05, 3.63) is 15.6 Å². The summed E-state index contributed by atoms with van der Waals surface area (Å²) in [5.74, 6) is 0.670. The molecule has 116 valence electrons. The Morgan fingerprint density at radius 2 is 2.00 bits per heavy atom. The third kappa shape index (κ3) is 5.87. The zero-order valence-electron chi connectivity index (χ0n) is 13.5. The Labute approximate surface area is 127 Å². The highest BCUT2D eigenvalue weighted by Gasteiger charge is 2.12. The highest BCUT2D eigenvalue weighted by atomic mass is 32.1. The molecule has 1 heterocycles. The molecule has 4 nitrogen and oxygen atoms in total. The van der Waals surface area contributed by atoms with Crippen LogP contribution in [0, 0.1) is 5.92 Å². The van der Waals surface area contributed by atoms with Gasteiger partial charge in [0.15, 0.2) is 0 Å². The Morgan fingerprint density at radius 1 is 1.30 bits per heavy atom. The Bertz CT molecular complexity index is 375. The van der Waals surface area contributed by atoms with E-state index in [0.717, 1.165) is 38.4 Å². The maximum Gasteiger partial charge on any atom is 0.107 e. The van der Waals surface area contributed by atoms with Crippen molar-refractivity contribution in [3.8, 4) is 0 Å². The van der Waals surface area contributed by atoms with Crippen molar-refractivity contribution in [2.45, 2.75) is 47.4 Å². The minimum Gasteiger partial charge on any atom is -0.378 e. The van der Waals surface area contributed by atoms with Gasteiger partial charge in [0.2, 0.25) is 0 Å². The fraction of sp³-hybridized carbons (Fsp3) is 0.800. The molecule has 0 aliphatic rings. The van der Waals surface area contributed by atoms with Gasteiger partial charge >= 0.3 is 0 Å². The summed E-state index contributed by atoms with van der Waals surface area (Å²) < 4.78 is 5.27. The standard InChI is InChI=1S/C15H29N3OS/c1-6-18(7-2)10-15-17-13(11-19-5)14(20-15)9-16-8-12(3)4/h12,16H,6-11H2,1-5H3. The molecule has 0 spiro atoms. The van der Waals surface area contributed by atoms with Crippen LogP contribution in [-0.4, -0.2) is 36.6 Å². The number of nitrogens with zero attached hydrogens (tertiary/aromatic N) is 2. The van der Waals surface area contributed by atoms with Crippen molar-refractivity contribution in [1.82, 2.24) is 15.2 Å². The van der Waals surface area contributed by atoms with Gasteiger partial charge in [0, 0.05) is 18.5 Å². The molecule has 1 aromatic heterocycles. The molecule has 0 atom stereocenters. The van der Waals surface area contributed by atoms with Gasteiger partial charge in [0.1, 0.15) is 5.01 Å². The van der Waals surface area contributed by atoms with Crippen molar-refractivity contribution in [2.75, 3.05) is 26.7 Å². The Hall–Kier alpha value is -0.490. The van der Waals surface area contributed by atoms with Crippen LogP contribution in [-0.2, 0) is 24.4 Å². The number of aromatic nitrogens is 1. The summed E-state index contributed by atoms with van der Waals surface area (Å²) in [7, 11) is 1.73. The van der Waals surface area contributed by atoms with Crippen molar-refractivity contribution in [2.24, 2.45) is 5.92 Å². The molecule has 5 heteroatoms. The second-order valence-corrected chi connectivity index (χ2v) is 6.56. The van der Waals surface area contributed by atoms with E-state index in [-0.39, 0.29) is 0 Å². The molecule has 0 aromatic carbocycles. The first-order chi connectivity index (χ1) is 9.60. The molecule has 0 aliphatic heterocycles. The fourth-order valence-electron chi connectivity index (χ4n) is 2.00. The molecule has 1 rings (SSSR count). The first-order valence-corrected chi connectivity index (χ1v) is 8.31. The van der Waals surface area contributed by atoms with Crippen molar-refractivity contribution in [3.63, 3.8) is 0 Å². The molecule has 20 heavy (non-hydrogen) atoms. The minimum atomic E-state index is 0.605. The van der Waals surface area contributed by atoms with Crippen LogP contribution in [0.3, 0.4) is 0 Å². The number of hydrogen-bond acceptors (Lipinski definition) is 5. The average molecular weight is 299 g/mol. The lowest BCUT2D eigenvalue weighted by atomic mass is 10.2. The lowest BCUT2D eigenvalue weighted by Gasteiger charge is -2.15. The van der Waals surface area contributed by atoms with E-state index in [1.165, 1.54) is 9.88 Å². The van der Waals surface area contributed by atoms with Gasteiger partial charge < -0.3 is 10.1 Å². The number of methoxy groups -OCH3 is 1. The summed E-state index contributed by atoms with van der Waals surface area (Å²) in [4.78, 5) is 8.45. The van der Waals surface area contributed by atoms with Gasteiger partial charge in [-0.1, -0.05) is 27.7 Å². The molecular weight excluding hydrogens is 270 g/mol. The summed E-state index contributed by atoms with van der Waals surface area (Å²) in [5, 5.41) is 4.69. The smallest absolute Gasteiger partial charge is 0.107 e. The third-order valence-corrected chi connectivity index (χ3v) is 4.28. The van der Waals surface area contributed by atoms with Crippen LogP contribution in [0.5, 0.6) is 0 Å². The van der Waals surface area contributed by atoms with Gasteiger partial charge in [0.05, 0.1) is 18.8 Å². The number of rotatable bonds is 10. The molecule has 0 saturated heterocycles. The number of ether oxygens (including phenoxy) is 1. The van der Waals surface area contributed by atoms with E-state index in [1.54, 1.807) is 7.11 Å². The normalized spacial score (nSPS) is 11.8. The van der Waals surface area contributed by atoms with E-state index in [1.807, 2.05) is 11.3 Å². The summed E-state index contributed by atoms with van der Waals surface area (Å²) in [6.45, 7) is 14.4. The molecule has 0 radical (unpaired) electrons. The van der Waals surface area contributed by atoms with Gasteiger partial charge in [-0.15, -0.1) is 11.3 Å². The van der Waals surface area contributed by atoms with E-state index in [9.17, 15) is 0 Å². The molecular formula is C15H29N3OS. The van der Waals surface area contributed by atoms with Crippen molar-refractivity contribution >= 4 is 11.3 Å². The summed E-state index contributed by atoms with van der Waals surface area (Å²) >= 11 is 1.81. The Kier molecular flexibility index (Phi) is 8.30. The van der Waals surface area contributed by atoms with Crippen molar-refractivity contribution in [1.29, 1.82) is 0 Å². The zero-order valence-corrected chi connectivity index (χ0v) is 14.3. The van der Waals surface area contributed by atoms with Gasteiger partial charge in [-0.3, -0.25) is 4.90 Å². The fourth-order valence-corrected chi connectivity index (χ4v) is 3.09. The largest absolute Gasteiger partial charge is 0.378 e. The van der Waals surface area contributed by atoms with E-state index < -0.39 is 0 Å². The molecule has 0 amide bonds. The third-order valence-electron chi connectivity index (χ3n) is 3.20. The SMILES string of the molecule is CCN(CC)Cc1nc(COC)c(CNCC(C)C)s1. The van der Waals surface area contributed by atoms with Crippen LogP contribution in [0.2, 0.25) is 0 Å². The summed E-state index contributed by atoms with van der Waals surface area (Å²) in [5.41, 5.74) is 1.09. The van der Waals surface area contributed by atoms with Crippen LogP contribution < -0.4 is 5.32 Å². The van der Waals surface area contributed by atoms with Gasteiger partial charge in [-0.25, -0.2) is 4.98 Å². The summed E-state index contributed by atoms with van der Waals surface area (Å²) in [6, 6.07) is 0. The van der Waals surface area contributed by atoms with Crippen LogP contribution in [0.25, 0.3) is 0 Å². The van der Waals surface area contributed by atoms with Crippen LogP contribution in [0.15, 0.2) is 0 Å². The van der Waals surface area contributed by atoms with Crippen LogP contribution in [0.4, 0.5) is 0 Å². The molecule has 0 saturated carbocycles. The van der Waals surface area contributed by atoms with Gasteiger partial charge in [-0.05, 0) is 25.6 Å². The molecule has 0 aliphatic carbocycles. The number of hydrogen-bond donors (Lipinski definition) is 1. The highest BCUT2D eigenvalue weighted by molar-refractivity contribution is 7.11. The quantitative estimate of drug-likeness (QED) is 0.721. The van der Waals surface area contributed by atoms with E-state index in [4.69, 9.17) is 9.72 Å². The van der Waals surface area contributed by atoms with Crippen molar-refractivity contribution < 1.29 is 4.74 Å². The topological polar surface area (TPSA) is 37.4 Å². The lowest BCUT2D eigenvalue weighted by Crippen LogP contribution is -2.21. The molecule has 0 bridgehead atoms. The maximum atomic E-state index is 5.27. The minimum absolute atomic E-state index is 0.605. The molecule has 0 fully saturated rings. The lowest BCUT2D eigenvalue weighted by molar-refractivity contribution is 0.180. The maximum absolute atomic E-state index is 5.27. The number of nitrogens with one attached hydrogen (secondary N) is 1. The predicted octanol–water partition coefficient (Wildman–Crippen LogP) is 2.88. The molecule has 1 aromatic rings. The number of thiazole rings is 1. The Balaban J connectivity index is 2.68. The second kappa shape index (κ2) is 9.45. The monoisotopic (exact) mass is 299 g/mol. The average Bonchev–Trinajstić information content (AvgIpc) is 2.78. The highest BCUT2D eigenvalue weighted by Crippen LogP contribution is 2.21. The zero-order chi connectivity index (χ0) is 15.0. The summed E-state index contributed by atoms with van der Waals surface area (Å²) in [6.07, 6.45) is 0. The van der Waals surface area contributed by atoms with Gasteiger partial charge in [0.25, 0.3) is 0 Å². The van der Waals surface area contributed by atoms with E-state index in [0.29, 0.717) is 12.5 Å². The predicted molar refractivity (Wildman–Crippen MR) is 86.0 cm³/mol. The van der Waals surface area contributed by atoms with Crippen LogP contribution >= 0.6 is 11.3 Å². The first-order valence-electron chi connectivity index (χ1n) is 7.50. The second-order valence-electron chi connectivity index (χ2n) is 5.40.